The van der Waals surface area contributed by atoms with Crippen molar-refractivity contribution in [2.75, 3.05) is 64.6 Å². The minimum absolute atomic E-state index is 0.00475. The number of anilines is 1. The molecule has 2 unspecified atom stereocenters. The van der Waals surface area contributed by atoms with Gasteiger partial charge in [-0.3, -0.25) is 0 Å². The van der Waals surface area contributed by atoms with Gasteiger partial charge >= 0.3 is 0 Å². The lowest BCUT2D eigenvalue weighted by atomic mass is 9.88. The van der Waals surface area contributed by atoms with E-state index in [2.05, 4.69) is 10.3 Å². The van der Waals surface area contributed by atoms with E-state index in [-0.39, 0.29) is 29.0 Å². The normalized spacial score (nSPS) is 23.6. The van der Waals surface area contributed by atoms with Gasteiger partial charge in [0.1, 0.15) is 35.7 Å². The molecule has 1 aromatic heterocycles. The maximum absolute atomic E-state index is 13.4. The molecule has 44 heavy (non-hydrogen) atoms. The van der Waals surface area contributed by atoms with Crippen molar-refractivity contribution in [1.29, 1.82) is 0 Å². The maximum atomic E-state index is 13.4. The van der Waals surface area contributed by atoms with E-state index in [1.165, 1.54) is 22.6 Å². The molecule has 1 saturated carbocycles. The highest BCUT2D eigenvalue weighted by Crippen LogP contribution is 2.46. The Hall–Kier alpha value is -2.53. The largest absolute Gasteiger partial charge is 0.491 e. The Morgan fingerprint density at radius 2 is 1.89 bits per heavy atom. The highest BCUT2D eigenvalue weighted by atomic mass is 32.2. The molecule has 4 heterocycles. The number of piperidine rings is 1. The summed E-state index contributed by atoms with van der Waals surface area (Å²) >= 11 is 0. The topological polar surface area (TPSA) is 168 Å². The molecule has 3 N–H and O–H groups in total. The van der Waals surface area contributed by atoms with Crippen LogP contribution in [-0.2, 0) is 24.6 Å². The number of nitrogens with zero attached hydrogens (tertiary/aromatic N) is 3. The van der Waals surface area contributed by atoms with Crippen molar-refractivity contribution in [3.05, 3.63) is 36.5 Å². The lowest BCUT2D eigenvalue weighted by Gasteiger charge is -2.38. The number of hydrogen-bond acceptors (Lipinski definition) is 12. The van der Waals surface area contributed by atoms with Crippen molar-refractivity contribution < 1.29 is 41.3 Å². The molecular formula is C29H40N4O9S2. The number of hydrogen-bond donors (Lipinski definition) is 3. The SMILES string of the molecule is CN1CCOc2ncc(S(=O)(=O)N3CCC4(CC3)CC(NCC(O)COc3cccc(S(=O)(=O)C5(CO)CC5)c3)CO4)cc21. The summed E-state index contributed by atoms with van der Waals surface area (Å²) < 4.78 is 70.4. The number of aliphatic hydroxyl groups is 2. The number of nitrogens with one attached hydrogen (secondary N) is 1. The van der Waals surface area contributed by atoms with Crippen LogP contribution in [-0.4, -0.2) is 118 Å². The molecule has 13 nitrogen and oxygen atoms in total. The first-order valence-corrected chi connectivity index (χ1v) is 17.9. The van der Waals surface area contributed by atoms with Gasteiger partial charge < -0.3 is 34.6 Å². The second-order valence-corrected chi connectivity index (χ2v) is 16.5. The highest BCUT2D eigenvalue weighted by molar-refractivity contribution is 7.93. The summed E-state index contributed by atoms with van der Waals surface area (Å²) in [6, 6.07) is 7.76. The van der Waals surface area contributed by atoms with E-state index >= 15 is 0 Å². The van der Waals surface area contributed by atoms with Crippen LogP contribution in [0.4, 0.5) is 5.69 Å². The Balaban J connectivity index is 0.969. The minimum atomic E-state index is -3.72. The third-order valence-electron chi connectivity index (χ3n) is 9.23. The molecule has 242 valence electrons. The zero-order chi connectivity index (χ0) is 31.2. The Morgan fingerprint density at radius 3 is 2.61 bits per heavy atom. The van der Waals surface area contributed by atoms with Crippen LogP contribution in [0.15, 0.2) is 46.3 Å². The van der Waals surface area contributed by atoms with Gasteiger partial charge in [0.25, 0.3) is 0 Å². The van der Waals surface area contributed by atoms with Gasteiger partial charge in [-0.1, -0.05) is 6.07 Å². The zero-order valence-corrected chi connectivity index (χ0v) is 26.4. The fourth-order valence-electron chi connectivity index (χ4n) is 6.14. The van der Waals surface area contributed by atoms with Crippen LogP contribution < -0.4 is 19.7 Å². The summed E-state index contributed by atoms with van der Waals surface area (Å²) in [4.78, 5) is 6.43. The summed E-state index contributed by atoms with van der Waals surface area (Å²) in [6.45, 7) is 2.10. The van der Waals surface area contributed by atoms with Crippen LogP contribution in [0, 0.1) is 0 Å². The molecule has 0 radical (unpaired) electrons. The van der Waals surface area contributed by atoms with E-state index in [0.717, 1.165) is 0 Å². The van der Waals surface area contributed by atoms with Gasteiger partial charge in [-0.15, -0.1) is 0 Å². The van der Waals surface area contributed by atoms with Gasteiger partial charge in [-0.05, 0) is 56.4 Å². The van der Waals surface area contributed by atoms with Crippen molar-refractivity contribution in [2.45, 2.75) is 64.4 Å². The first-order chi connectivity index (χ1) is 21.0. The van der Waals surface area contributed by atoms with Crippen LogP contribution in [0.25, 0.3) is 0 Å². The monoisotopic (exact) mass is 652 g/mol. The second-order valence-electron chi connectivity index (χ2n) is 12.3. The lowest BCUT2D eigenvalue weighted by molar-refractivity contribution is -0.0312. The summed E-state index contributed by atoms with van der Waals surface area (Å²) in [7, 11) is -5.51. The van der Waals surface area contributed by atoms with E-state index in [1.54, 1.807) is 18.2 Å². The maximum Gasteiger partial charge on any atom is 0.244 e. The Morgan fingerprint density at radius 1 is 1.11 bits per heavy atom. The molecule has 1 aliphatic carbocycles. The van der Waals surface area contributed by atoms with Gasteiger partial charge in [0.2, 0.25) is 15.9 Å². The first kappa shape index (κ1) is 31.5. The number of sulfonamides is 1. The Labute approximate surface area is 258 Å². The molecule has 2 saturated heterocycles. The second kappa shape index (κ2) is 12.0. The fraction of sp³-hybridized carbons (Fsp3) is 0.621. The number of pyridine rings is 1. The van der Waals surface area contributed by atoms with Gasteiger partial charge in [-0.25, -0.2) is 21.8 Å². The molecule has 3 fully saturated rings. The molecule has 6 rings (SSSR count). The Kier molecular flexibility index (Phi) is 8.58. The minimum Gasteiger partial charge on any atom is -0.491 e. The average Bonchev–Trinajstić information content (AvgIpc) is 3.75. The van der Waals surface area contributed by atoms with Crippen LogP contribution in [0.3, 0.4) is 0 Å². The van der Waals surface area contributed by atoms with E-state index in [1.807, 2.05) is 11.9 Å². The van der Waals surface area contributed by atoms with E-state index in [9.17, 15) is 27.0 Å². The van der Waals surface area contributed by atoms with Crippen molar-refractivity contribution in [1.82, 2.24) is 14.6 Å². The van der Waals surface area contributed by atoms with Gasteiger partial charge in [0.15, 0.2) is 9.84 Å². The van der Waals surface area contributed by atoms with E-state index in [4.69, 9.17) is 14.2 Å². The average molecular weight is 653 g/mol. The molecule has 1 spiro atoms. The first-order valence-electron chi connectivity index (χ1n) is 14.9. The number of ether oxygens (including phenoxy) is 3. The highest BCUT2D eigenvalue weighted by Gasteiger charge is 2.54. The van der Waals surface area contributed by atoms with E-state index < -0.39 is 42.9 Å². The van der Waals surface area contributed by atoms with Crippen LogP contribution in [0.5, 0.6) is 11.6 Å². The van der Waals surface area contributed by atoms with Gasteiger partial charge in [0.05, 0.1) is 41.2 Å². The fourth-order valence-corrected chi connectivity index (χ4v) is 9.39. The molecule has 2 atom stereocenters. The molecule has 2 aromatic rings. The standard InChI is InChI=1S/C29H40N4O9S2/c1-32-11-12-40-27-26(32)14-25(17-31-27)44(38,39)33-9-7-28(8-10-33)15-21(18-42-28)30-16-22(35)19-41-23-3-2-4-24(13-23)43(36,37)29(20-34)5-6-29/h2-4,13-14,17,21-22,30,34-35H,5-12,15-16,18-20H2,1H3. The van der Waals surface area contributed by atoms with Crippen molar-refractivity contribution in [3.8, 4) is 11.6 Å². The summed E-state index contributed by atoms with van der Waals surface area (Å²) in [6.07, 6.45) is 3.21. The van der Waals surface area contributed by atoms with Crippen molar-refractivity contribution in [3.63, 3.8) is 0 Å². The molecular weight excluding hydrogens is 612 g/mol. The molecule has 15 heteroatoms. The lowest BCUT2D eigenvalue weighted by Crippen LogP contribution is -2.47. The van der Waals surface area contributed by atoms with Crippen molar-refractivity contribution >= 4 is 25.5 Å². The summed E-state index contributed by atoms with van der Waals surface area (Å²) in [5.41, 5.74) is 0.240. The summed E-state index contributed by atoms with van der Waals surface area (Å²) in [5.74, 6) is 0.769. The smallest absolute Gasteiger partial charge is 0.244 e. The number of fused-ring (bicyclic) bond motifs is 1. The molecule has 4 aliphatic rings. The third kappa shape index (κ3) is 6.02. The van der Waals surface area contributed by atoms with Crippen LogP contribution in [0.1, 0.15) is 32.1 Å². The predicted molar refractivity (Wildman–Crippen MR) is 160 cm³/mol. The Bertz CT molecular complexity index is 1570. The quantitative estimate of drug-likeness (QED) is 0.309. The molecule has 1 aromatic carbocycles. The van der Waals surface area contributed by atoms with E-state index in [0.29, 0.717) is 82.3 Å². The molecule has 0 amide bonds. The van der Waals surface area contributed by atoms with Crippen molar-refractivity contribution in [2.24, 2.45) is 0 Å². The number of aliphatic hydroxyl groups excluding tert-OH is 2. The number of likely N-dealkylation sites (N-methyl/N-ethyl adjacent to an activating group) is 1. The van der Waals surface area contributed by atoms with Crippen LogP contribution in [0.2, 0.25) is 0 Å². The molecule has 3 aliphatic heterocycles. The number of benzene rings is 1. The van der Waals surface area contributed by atoms with Gasteiger partial charge in [0, 0.05) is 32.7 Å². The zero-order valence-electron chi connectivity index (χ0n) is 24.7. The number of sulfone groups is 1. The van der Waals surface area contributed by atoms with Gasteiger partial charge in [-0.2, -0.15) is 4.31 Å². The summed E-state index contributed by atoms with van der Waals surface area (Å²) in [5, 5.41) is 23.4. The third-order valence-corrected chi connectivity index (χ3v) is 13.6. The van der Waals surface area contributed by atoms with Crippen LogP contribution >= 0.6 is 0 Å². The predicted octanol–water partition coefficient (Wildman–Crippen LogP) is 0.551. The number of aromatic nitrogens is 1. The number of rotatable bonds is 11. The molecule has 0 bridgehead atoms.